The fourth-order valence-corrected chi connectivity index (χ4v) is 3.97. The first-order valence-corrected chi connectivity index (χ1v) is 9.19. The molecule has 2 aromatic rings. The van der Waals surface area contributed by atoms with Crippen molar-refractivity contribution in [1.29, 1.82) is 0 Å². The Morgan fingerprint density at radius 1 is 0.958 bits per heavy atom. The van der Waals surface area contributed by atoms with E-state index in [0.717, 1.165) is 31.4 Å². The van der Waals surface area contributed by atoms with Crippen LogP contribution in [0.2, 0.25) is 0 Å². The third kappa shape index (κ3) is 3.40. The van der Waals surface area contributed by atoms with Crippen LogP contribution in [0.3, 0.4) is 0 Å². The molecule has 0 spiro atoms. The molecule has 0 radical (unpaired) electrons. The maximum absolute atomic E-state index is 12.8. The average Bonchev–Trinajstić information content (AvgIpc) is 3.37. The van der Waals surface area contributed by atoms with Crippen molar-refractivity contribution in [3.05, 3.63) is 60.1 Å². The van der Waals surface area contributed by atoms with E-state index in [1.54, 1.807) is 6.26 Å². The fraction of sp³-hybridized carbons (Fsp3) is 0.476. The zero-order valence-electron chi connectivity index (χ0n) is 14.1. The Morgan fingerprint density at radius 2 is 1.71 bits per heavy atom. The maximum atomic E-state index is 12.8. The normalized spacial score (nSPS) is 23.8. The van der Waals surface area contributed by atoms with Crippen molar-refractivity contribution in [1.82, 2.24) is 4.90 Å². The van der Waals surface area contributed by atoms with Gasteiger partial charge < -0.3 is 9.32 Å². The van der Waals surface area contributed by atoms with Gasteiger partial charge >= 0.3 is 0 Å². The summed E-state index contributed by atoms with van der Waals surface area (Å²) in [5, 5.41) is 0. The molecule has 2 aliphatic carbocycles. The van der Waals surface area contributed by atoms with Crippen molar-refractivity contribution in [3.8, 4) is 0 Å². The van der Waals surface area contributed by atoms with E-state index < -0.39 is 0 Å². The lowest BCUT2D eigenvalue weighted by molar-refractivity contribution is -0.136. The molecule has 1 amide bonds. The zero-order valence-corrected chi connectivity index (χ0v) is 14.1. The summed E-state index contributed by atoms with van der Waals surface area (Å²) in [6.45, 7) is 0.628. The number of rotatable bonds is 5. The number of carbonyl (C=O) groups excluding carboxylic acids is 1. The molecular formula is C21H25NO2. The van der Waals surface area contributed by atoms with Crippen LogP contribution < -0.4 is 0 Å². The van der Waals surface area contributed by atoms with Gasteiger partial charge in [-0.3, -0.25) is 4.79 Å². The van der Waals surface area contributed by atoms with E-state index in [1.807, 2.05) is 12.1 Å². The van der Waals surface area contributed by atoms with Crippen molar-refractivity contribution in [3.63, 3.8) is 0 Å². The second kappa shape index (κ2) is 6.84. The molecule has 2 aliphatic rings. The standard InChI is InChI=1S/C21H25NO2/c23-21(18-8-9-18)22(15-20-7-4-14-24-20)19-12-10-17(11-13-19)16-5-2-1-3-6-16/h1-7,14,17-19H,8-13,15H2. The van der Waals surface area contributed by atoms with E-state index in [1.165, 1.54) is 18.4 Å². The predicted octanol–water partition coefficient (Wildman–Crippen LogP) is 4.74. The smallest absolute Gasteiger partial charge is 0.226 e. The summed E-state index contributed by atoms with van der Waals surface area (Å²) in [4.78, 5) is 14.9. The minimum absolute atomic E-state index is 0.270. The van der Waals surface area contributed by atoms with Crippen molar-refractivity contribution in [2.75, 3.05) is 0 Å². The van der Waals surface area contributed by atoms with Crippen LogP contribution in [0.5, 0.6) is 0 Å². The zero-order chi connectivity index (χ0) is 16.4. The minimum Gasteiger partial charge on any atom is -0.467 e. The van der Waals surface area contributed by atoms with Gasteiger partial charge in [0.05, 0.1) is 12.8 Å². The van der Waals surface area contributed by atoms with Crippen LogP contribution in [0.25, 0.3) is 0 Å². The predicted molar refractivity (Wildman–Crippen MR) is 93.4 cm³/mol. The third-order valence-electron chi connectivity index (χ3n) is 5.52. The fourth-order valence-electron chi connectivity index (χ4n) is 3.97. The summed E-state index contributed by atoms with van der Waals surface area (Å²) in [6.07, 6.45) is 8.35. The minimum atomic E-state index is 0.270. The molecule has 126 valence electrons. The van der Waals surface area contributed by atoms with Gasteiger partial charge in [0, 0.05) is 12.0 Å². The molecule has 1 aromatic heterocycles. The molecule has 1 aromatic carbocycles. The lowest BCUT2D eigenvalue weighted by Crippen LogP contribution is -2.42. The van der Waals surface area contributed by atoms with Crippen molar-refractivity contribution in [2.24, 2.45) is 5.92 Å². The molecule has 3 heteroatoms. The highest BCUT2D eigenvalue weighted by Crippen LogP contribution is 2.38. The second-order valence-electron chi connectivity index (χ2n) is 7.24. The topological polar surface area (TPSA) is 33.5 Å². The van der Waals surface area contributed by atoms with Crippen LogP contribution in [0.15, 0.2) is 53.1 Å². The molecule has 4 rings (SSSR count). The number of hydrogen-bond donors (Lipinski definition) is 0. The molecule has 1 heterocycles. The van der Waals surface area contributed by atoms with Crippen LogP contribution in [0.4, 0.5) is 0 Å². The molecule has 0 N–H and O–H groups in total. The Morgan fingerprint density at radius 3 is 2.33 bits per heavy atom. The van der Waals surface area contributed by atoms with Crippen molar-refractivity contribution < 1.29 is 9.21 Å². The maximum Gasteiger partial charge on any atom is 0.226 e. The van der Waals surface area contributed by atoms with E-state index in [-0.39, 0.29) is 5.92 Å². The largest absolute Gasteiger partial charge is 0.467 e. The van der Waals surface area contributed by atoms with Crippen LogP contribution in [0, 0.1) is 5.92 Å². The number of nitrogens with zero attached hydrogens (tertiary/aromatic N) is 1. The number of amides is 1. The summed E-state index contributed by atoms with van der Waals surface area (Å²) in [5.41, 5.74) is 1.45. The Kier molecular flexibility index (Phi) is 4.42. The van der Waals surface area contributed by atoms with Crippen molar-refractivity contribution >= 4 is 5.91 Å². The summed E-state index contributed by atoms with van der Waals surface area (Å²) >= 11 is 0. The Bertz CT molecular complexity index is 652. The average molecular weight is 323 g/mol. The van der Waals surface area contributed by atoms with Gasteiger partial charge in [0.25, 0.3) is 0 Å². The summed E-state index contributed by atoms with van der Waals surface area (Å²) < 4.78 is 5.50. The molecule has 0 unspecified atom stereocenters. The SMILES string of the molecule is O=C(C1CC1)N(Cc1ccco1)C1CCC(c2ccccc2)CC1. The van der Waals surface area contributed by atoms with E-state index in [4.69, 9.17) is 4.42 Å². The molecule has 2 saturated carbocycles. The molecule has 0 aliphatic heterocycles. The molecule has 24 heavy (non-hydrogen) atoms. The Labute approximate surface area is 143 Å². The molecule has 2 fully saturated rings. The Balaban J connectivity index is 1.43. The third-order valence-corrected chi connectivity index (χ3v) is 5.52. The van der Waals surface area contributed by atoms with Gasteiger partial charge in [0.1, 0.15) is 5.76 Å². The van der Waals surface area contributed by atoms with E-state index >= 15 is 0 Å². The monoisotopic (exact) mass is 323 g/mol. The van der Waals surface area contributed by atoms with Crippen LogP contribution in [-0.4, -0.2) is 16.8 Å². The second-order valence-corrected chi connectivity index (χ2v) is 7.24. The van der Waals surface area contributed by atoms with Gasteiger partial charge in [0.15, 0.2) is 0 Å². The first kappa shape index (κ1) is 15.5. The number of hydrogen-bond acceptors (Lipinski definition) is 2. The van der Waals surface area contributed by atoms with Gasteiger partial charge in [-0.1, -0.05) is 30.3 Å². The van der Waals surface area contributed by atoms with Crippen LogP contribution in [0.1, 0.15) is 55.8 Å². The lowest BCUT2D eigenvalue weighted by atomic mass is 9.81. The number of benzene rings is 1. The summed E-state index contributed by atoms with van der Waals surface area (Å²) in [6, 6.07) is 15.0. The molecule has 0 bridgehead atoms. The molecule has 0 saturated heterocycles. The molecule has 0 atom stereocenters. The summed E-state index contributed by atoms with van der Waals surface area (Å²) in [7, 11) is 0. The number of carbonyl (C=O) groups is 1. The van der Waals surface area contributed by atoms with Gasteiger partial charge in [-0.25, -0.2) is 0 Å². The first-order valence-electron chi connectivity index (χ1n) is 9.19. The molecular weight excluding hydrogens is 298 g/mol. The highest BCUT2D eigenvalue weighted by atomic mass is 16.3. The Hall–Kier alpha value is -2.03. The van der Waals surface area contributed by atoms with Gasteiger partial charge in [-0.05, 0) is 62.1 Å². The van der Waals surface area contributed by atoms with E-state index in [2.05, 4.69) is 35.2 Å². The van der Waals surface area contributed by atoms with Gasteiger partial charge in [-0.2, -0.15) is 0 Å². The highest BCUT2D eigenvalue weighted by Gasteiger charge is 2.37. The first-order chi connectivity index (χ1) is 11.8. The molecule has 3 nitrogen and oxygen atoms in total. The van der Waals surface area contributed by atoms with Gasteiger partial charge in [-0.15, -0.1) is 0 Å². The summed E-state index contributed by atoms with van der Waals surface area (Å²) in [5.74, 6) is 2.15. The quantitative estimate of drug-likeness (QED) is 0.796. The number of furan rings is 1. The van der Waals surface area contributed by atoms with Gasteiger partial charge in [0.2, 0.25) is 5.91 Å². The lowest BCUT2D eigenvalue weighted by Gasteiger charge is -2.37. The van der Waals surface area contributed by atoms with Crippen LogP contribution in [-0.2, 0) is 11.3 Å². The van der Waals surface area contributed by atoms with Crippen LogP contribution >= 0.6 is 0 Å². The van der Waals surface area contributed by atoms with Crippen molar-refractivity contribution in [2.45, 2.75) is 57.0 Å². The van der Waals surface area contributed by atoms with E-state index in [0.29, 0.717) is 24.4 Å². The highest BCUT2D eigenvalue weighted by molar-refractivity contribution is 5.81. The van der Waals surface area contributed by atoms with E-state index in [9.17, 15) is 4.79 Å².